The molecule has 1 heterocycles. The van der Waals surface area contributed by atoms with Gasteiger partial charge in [0.1, 0.15) is 0 Å². The van der Waals surface area contributed by atoms with Crippen LogP contribution in [0, 0.1) is 23.2 Å². The van der Waals surface area contributed by atoms with E-state index in [9.17, 15) is 4.79 Å². The lowest BCUT2D eigenvalue weighted by molar-refractivity contribution is -0.132. The van der Waals surface area contributed by atoms with E-state index in [0.29, 0.717) is 35.1 Å². The molecule has 1 saturated heterocycles. The Hall–Kier alpha value is -0.570. The molecule has 1 aliphatic heterocycles. The average molecular weight is 236 g/mol. The number of nitrogens with zero attached hydrogens (tertiary/aromatic N) is 1. The molecule has 17 heavy (non-hydrogen) atoms. The van der Waals surface area contributed by atoms with Crippen LogP contribution < -0.4 is 5.73 Å². The maximum Gasteiger partial charge on any atom is 0.226 e. The van der Waals surface area contributed by atoms with E-state index >= 15 is 0 Å². The van der Waals surface area contributed by atoms with Crippen LogP contribution in [0.25, 0.3) is 0 Å². The summed E-state index contributed by atoms with van der Waals surface area (Å²) in [5, 5.41) is 0. The fraction of sp³-hybridized carbons (Fsp3) is 0.929. The molecule has 2 aliphatic carbocycles. The fourth-order valence-electron chi connectivity index (χ4n) is 3.89. The van der Waals surface area contributed by atoms with E-state index in [2.05, 4.69) is 18.7 Å². The van der Waals surface area contributed by atoms with Gasteiger partial charge in [-0.15, -0.1) is 0 Å². The van der Waals surface area contributed by atoms with Crippen LogP contribution >= 0.6 is 0 Å². The van der Waals surface area contributed by atoms with Crippen molar-refractivity contribution in [1.29, 1.82) is 0 Å². The summed E-state index contributed by atoms with van der Waals surface area (Å²) in [7, 11) is 0. The van der Waals surface area contributed by atoms with Gasteiger partial charge in [0, 0.05) is 25.0 Å². The van der Waals surface area contributed by atoms with Crippen molar-refractivity contribution in [2.45, 2.75) is 45.6 Å². The zero-order chi connectivity index (χ0) is 12.2. The molecule has 2 N–H and O–H groups in total. The molecule has 0 aromatic rings. The Labute approximate surface area is 104 Å². The minimum atomic E-state index is 0.302. The van der Waals surface area contributed by atoms with Crippen molar-refractivity contribution in [2.24, 2.45) is 28.9 Å². The van der Waals surface area contributed by atoms with E-state index in [1.54, 1.807) is 0 Å². The SMILES string of the molecule is CCC1(C)CC1C(=O)N1CC2CCC(N)C2C1. The topological polar surface area (TPSA) is 46.3 Å². The number of hydrogen-bond donors (Lipinski definition) is 1. The van der Waals surface area contributed by atoms with Crippen molar-refractivity contribution in [3.63, 3.8) is 0 Å². The average Bonchev–Trinajstić information content (AvgIpc) is 2.69. The smallest absolute Gasteiger partial charge is 0.226 e. The highest BCUT2D eigenvalue weighted by molar-refractivity contribution is 5.83. The molecule has 5 atom stereocenters. The van der Waals surface area contributed by atoms with Crippen molar-refractivity contribution in [1.82, 2.24) is 4.90 Å². The second kappa shape index (κ2) is 3.71. The summed E-state index contributed by atoms with van der Waals surface area (Å²) in [5.41, 5.74) is 6.42. The first-order chi connectivity index (χ1) is 8.05. The number of likely N-dealkylation sites (tertiary alicyclic amines) is 1. The molecule has 5 unspecified atom stereocenters. The molecule has 0 aromatic carbocycles. The number of fused-ring (bicyclic) bond motifs is 1. The largest absolute Gasteiger partial charge is 0.342 e. The molecule has 0 aromatic heterocycles. The summed E-state index contributed by atoms with van der Waals surface area (Å²) in [5.74, 6) is 2.00. The van der Waals surface area contributed by atoms with Gasteiger partial charge in [-0.05, 0) is 42.9 Å². The Kier molecular flexibility index (Phi) is 2.51. The molecule has 0 spiro atoms. The highest BCUT2D eigenvalue weighted by atomic mass is 16.2. The van der Waals surface area contributed by atoms with Gasteiger partial charge >= 0.3 is 0 Å². The van der Waals surface area contributed by atoms with Crippen LogP contribution in [-0.4, -0.2) is 29.9 Å². The summed E-state index contributed by atoms with van der Waals surface area (Å²) in [6.45, 7) is 6.36. The van der Waals surface area contributed by atoms with Crippen LogP contribution in [0.4, 0.5) is 0 Å². The van der Waals surface area contributed by atoms with Gasteiger partial charge in [0.15, 0.2) is 0 Å². The molecule has 96 valence electrons. The zero-order valence-corrected chi connectivity index (χ0v) is 11.0. The van der Waals surface area contributed by atoms with Gasteiger partial charge in [0.2, 0.25) is 5.91 Å². The summed E-state index contributed by atoms with van der Waals surface area (Å²) in [4.78, 5) is 14.5. The second-order valence-electron chi connectivity index (χ2n) is 6.67. The van der Waals surface area contributed by atoms with Crippen molar-refractivity contribution in [3.8, 4) is 0 Å². The van der Waals surface area contributed by atoms with Crippen LogP contribution in [0.2, 0.25) is 0 Å². The van der Waals surface area contributed by atoms with Gasteiger partial charge in [0.25, 0.3) is 0 Å². The number of amides is 1. The van der Waals surface area contributed by atoms with E-state index in [4.69, 9.17) is 5.73 Å². The first-order valence-corrected chi connectivity index (χ1v) is 7.09. The molecule has 3 heteroatoms. The lowest BCUT2D eigenvalue weighted by atomic mass is 9.98. The Morgan fingerprint density at radius 2 is 2.18 bits per heavy atom. The fourth-order valence-corrected chi connectivity index (χ4v) is 3.89. The van der Waals surface area contributed by atoms with Gasteiger partial charge in [-0.2, -0.15) is 0 Å². The van der Waals surface area contributed by atoms with E-state index in [-0.39, 0.29) is 0 Å². The van der Waals surface area contributed by atoms with E-state index in [1.807, 2.05) is 0 Å². The molecule has 3 nitrogen and oxygen atoms in total. The van der Waals surface area contributed by atoms with Gasteiger partial charge < -0.3 is 10.6 Å². The third-order valence-electron chi connectivity index (χ3n) is 5.68. The minimum Gasteiger partial charge on any atom is -0.342 e. The number of hydrogen-bond acceptors (Lipinski definition) is 2. The van der Waals surface area contributed by atoms with Gasteiger partial charge in [-0.1, -0.05) is 13.8 Å². The van der Waals surface area contributed by atoms with Crippen LogP contribution in [0.1, 0.15) is 39.5 Å². The van der Waals surface area contributed by atoms with Crippen LogP contribution in [0.3, 0.4) is 0 Å². The van der Waals surface area contributed by atoms with Crippen molar-refractivity contribution in [2.75, 3.05) is 13.1 Å². The molecular formula is C14H24N2O. The summed E-state index contributed by atoms with van der Waals surface area (Å²) in [6, 6.07) is 0.342. The third-order valence-corrected chi connectivity index (χ3v) is 5.68. The summed E-state index contributed by atoms with van der Waals surface area (Å²) in [6.07, 6.45) is 4.61. The predicted octanol–water partition coefficient (Wildman–Crippen LogP) is 1.62. The Bertz CT molecular complexity index is 343. The van der Waals surface area contributed by atoms with Crippen LogP contribution in [0.5, 0.6) is 0 Å². The first-order valence-electron chi connectivity index (χ1n) is 7.09. The molecule has 2 saturated carbocycles. The highest BCUT2D eigenvalue weighted by Gasteiger charge is 2.55. The molecule has 0 radical (unpaired) electrons. The van der Waals surface area contributed by atoms with E-state index < -0.39 is 0 Å². The Balaban J connectivity index is 1.63. The molecule has 3 fully saturated rings. The van der Waals surface area contributed by atoms with E-state index in [1.165, 1.54) is 6.42 Å². The standard InChI is InChI=1S/C14H24N2O/c1-3-14(2)6-11(14)13(17)16-7-9-4-5-12(15)10(9)8-16/h9-12H,3-8,15H2,1-2H3. The normalized spacial score (nSPS) is 48.3. The number of carbonyl (C=O) groups excluding carboxylic acids is 1. The van der Waals surface area contributed by atoms with E-state index in [0.717, 1.165) is 32.4 Å². The maximum atomic E-state index is 12.4. The monoisotopic (exact) mass is 236 g/mol. The highest BCUT2D eigenvalue weighted by Crippen LogP contribution is 2.56. The molecular weight excluding hydrogens is 212 g/mol. The second-order valence-corrected chi connectivity index (χ2v) is 6.67. The lowest BCUT2D eigenvalue weighted by Crippen LogP contribution is -2.35. The van der Waals surface area contributed by atoms with Gasteiger partial charge in [-0.25, -0.2) is 0 Å². The van der Waals surface area contributed by atoms with Crippen molar-refractivity contribution in [3.05, 3.63) is 0 Å². The molecule has 3 rings (SSSR count). The van der Waals surface area contributed by atoms with Crippen molar-refractivity contribution < 1.29 is 4.79 Å². The minimum absolute atomic E-state index is 0.302. The van der Waals surface area contributed by atoms with Crippen molar-refractivity contribution >= 4 is 5.91 Å². The Morgan fingerprint density at radius 1 is 1.41 bits per heavy atom. The first kappa shape index (κ1) is 11.5. The lowest BCUT2D eigenvalue weighted by Gasteiger charge is -2.20. The predicted molar refractivity (Wildman–Crippen MR) is 67.3 cm³/mol. The van der Waals surface area contributed by atoms with Gasteiger partial charge in [0.05, 0.1) is 0 Å². The Morgan fingerprint density at radius 3 is 2.76 bits per heavy atom. The summed E-state index contributed by atoms with van der Waals surface area (Å²) >= 11 is 0. The number of carbonyl (C=O) groups is 1. The number of nitrogens with two attached hydrogens (primary N) is 1. The molecule has 3 aliphatic rings. The number of rotatable bonds is 2. The van der Waals surface area contributed by atoms with Gasteiger partial charge in [-0.3, -0.25) is 4.79 Å². The maximum absolute atomic E-state index is 12.4. The summed E-state index contributed by atoms with van der Waals surface area (Å²) < 4.78 is 0. The van der Waals surface area contributed by atoms with Crippen LogP contribution in [-0.2, 0) is 4.79 Å². The molecule has 1 amide bonds. The quantitative estimate of drug-likeness (QED) is 0.792. The van der Waals surface area contributed by atoms with Crippen LogP contribution in [0.15, 0.2) is 0 Å². The third kappa shape index (κ3) is 1.70. The molecule has 0 bridgehead atoms. The zero-order valence-electron chi connectivity index (χ0n) is 11.0.